The van der Waals surface area contributed by atoms with E-state index in [4.69, 9.17) is 4.98 Å². The molecule has 0 spiro atoms. The van der Waals surface area contributed by atoms with E-state index in [0.29, 0.717) is 0 Å². The fraction of sp³-hybridized carbons (Fsp3) is 0.333. The zero-order chi connectivity index (χ0) is 16.4. The monoisotopic (exact) mass is 318 g/mol. The third-order valence-electron chi connectivity index (χ3n) is 4.83. The van der Waals surface area contributed by atoms with Crippen LogP contribution in [-0.4, -0.2) is 9.55 Å². The van der Waals surface area contributed by atoms with Crippen LogP contribution in [-0.2, 0) is 13.0 Å². The van der Waals surface area contributed by atoms with Crippen LogP contribution in [0.3, 0.4) is 0 Å². The SMILES string of the molecule is O=c1c2ccc(/C=C/C3=CCCC=C3)cc2nc2n1CCCCC2. The first-order valence-electron chi connectivity index (χ1n) is 8.89. The molecule has 1 aromatic carbocycles. The second kappa shape index (κ2) is 6.60. The van der Waals surface area contributed by atoms with Crippen molar-refractivity contribution in [2.45, 2.75) is 45.1 Å². The summed E-state index contributed by atoms with van der Waals surface area (Å²) < 4.78 is 1.88. The Bertz CT molecular complexity index is 915. The number of benzene rings is 1. The zero-order valence-corrected chi connectivity index (χ0v) is 13.9. The first-order valence-corrected chi connectivity index (χ1v) is 8.89. The lowest BCUT2D eigenvalue weighted by molar-refractivity contribution is 0.614. The summed E-state index contributed by atoms with van der Waals surface area (Å²) in [4.78, 5) is 17.5. The molecule has 3 nitrogen and oxygen atoms in total. The predicted molar refractivity (Wildman–Crippen MR) is 99.0 cm³/mol. The molecule has 0 N–H and O–H groups in total. The average Bonchev–Trinajstić information content (AvgIpc) is 2.86. The molecule has 2 aromatic rings. The van der Waals surface area contributed by atoms with E-state index in [1.807, 2.05) is 22.8 Å². The van der Waals surface area contributed by atoms with E-state index < -0.39 is 0 Å². The van der Waals surface area contributed by atoms with Crippen molar-refractivity contribution in [1.29, 1.82) is 0 Å². The van der Waals surface area contributed by atoms with Crippen LogP contribution in [0, 0.1) is 0 Å². The van der Waals surface area contributed by atoms with Crippen molar-refractivity contribution in [3.63, 3.8) is 0 Å². The molecule has 0 saturated heterocycles. The molecule has 4 rings (SSSR count). The molecule has 0 bridgehead atoms. The smallest absolute Gasteiger partial charge is 0.261 e. The van der Waals surface area contributed by atoms with Gasteiger partial charge in [0.05, 0.1) is 10.9 Å². The quantitative estimate of drug-likeness (QED) is 0.822. The van der Waals surface area contributed by atoms with Gasteiger partial charge in [0.1, 0.15) is 5.82 Å². The Balaban J connectivity index is 1.73. The molecule has 3 heteroatoms. The summed E-state index contributed by atoms with van der Waals surface area (Å²) in [5.41, 5.74) is 3.28. The molecule has 0 fully saturated rings. The van der Waals surface area contributed by atoms with E-state index in [2.05, 4.69) is 30.4 Å². The van der Waals surface area contributed by atoms with Crippen LogP contribution < -0.4 is 5.56 Å². The summed E-state index contributed by atoms with van der Waals surface area (Å²) in [7, 11) is 0. The van der Waals surface area contributed by atoms with Crippen LogP contribution in [0.15, 0.2) is 52.9 Å². The molecule has 2 aliphatic rings. The van der Waals surface area contributed by atoms with Crippen molar-refractivity contribution in [3.05, 3.63) is 69.8 Å². The maximum absolute atomic E-state index is 12.7. The molecule has 1 aromatic heterocycles. The van der Waals surface area contributed by atoms with Gasteiger partial charge in [0.25, 0.3) is 5.56 Å². The molecular formula is C21H22N2O. The molecule has 0 amide bonds. The maximum Gasteiger partial charge on any atom is 0.261 e. The van der Waals surface area contributed by atoms with Gasteiger partial charge in [-0.2, -0.15) is 0 Å². The highest BCUT2D eigenvalue weighted by molar-refractivity contribution is 5.80. The average molecular weight is 318 g/mol. The summed E-state index contributed by atoms with van der Waals surface area (Å²) in [5.74, 6) is 0.948. The Kier molecular flexibility index (Phi) is 4.16. The van der Waals surface area contributed by atoms with Gasteiger partial charge < -0.3 is 0 Å². The molecule has 1 aliphatic carbocycles. The standard InChI is InChI=1S/C21H22N2O/c24-21-18-13-12-17(11-10-16-7-3-1-4-8-16)15-19(18)22-20-9-5-2-6-14-23(20)21/h3,7-8,10-13,15H,1-2,4-6,9,14H2/b11-10+. The highest BCUT2D eigenvalue weighted by Crippen LogP contribution is 2.18. The number of hydrogen-bond acceptors (Lipinski definition) is 2. The summed E-state index contributed by atoms with van der Waals surface area (Å²) in [5, 5.41) is 0.731. The van der Waals surface area contributed by atoms with Crippen LogP contribution in [0.5, 0.6) is 0 Å². The van der Waals surface area contributed by atoms with Gasteiger partial charge in [-0.05, 0) is 49.0 Å². The Hall–Kier alpha value is -2.42. The largest absolute Gasteiger partial charge is 0.296 e. The van der Waals surface area contributed by atoms with Crippen molar-refractivity contribution in [2.75, 3.05) is 0 Å². The second-order valence-corrected chi connectivity index (χ2v) is 6.59. The molecule has 24 heavy (non-hydrogen) atoms. The maximum atomic E-state index is 12.7. The minimum absolute atomic E-state index is 0.116. The van der Waals surface area contributed by atoms with Gasteiger partial charge in [0.15, 0.2) is 0 Å². The Labute approximate surface area is 142 Å². The Morgan fingerprint density at radius 3 is 2.92 bits per heavy atom. The van der Waals surface area contributed by atoms with Crippen LogP contribution in [0.4, 0.5) is 0 Å². The van der Waals surface area contributed by atoms with Gasteiger partial charge in [-0.3, -0.25) is 9.36 Å². The predicted octanol–water partition coefficient (Wildman–Crippen LogP) is 4.41. The first-order chi connectivity index (χ1) is 11.8. The van der Waals surface area contributed by atoms with Crippen molar-refractivity contribution >= 4 is 17.0 Å². The highest BCUT2D eigenvalue weighted by atomic mass is 16.1. The van der Waals surface area contributed by atoms with Gasteiger partial charge in [0, 0.05) is 13.0 Å². The lowest BCUT2D eigenvalue weighted by Gasteiger charge is -2.10. The third kappa shape index (κ3) is 2.99. The molecule has 2 heterocycles. The zero-order valence-electron chi connectivity index (χ0n) is 13.9. The van der Waals surface area contributed by atoms with E-state index in [-0.39, 0.29) is 5.56 Å². The number of hydrogen-bond donors (Lipinski definition) is 0. The number of aromatic nitrogens is 2. The molecule has 0 saturated carbocycles. The Morgan fingerprint density at radius 1 is 1.08 bits per heavy atom. The summed E-state index contributed by atoms with van der Waals surface area (Å²) in [6.07, 6.45) is 17.4. The fourth-order valence-corrected chi connectivity index (χ4v) is 3.49. The number of fused-ring (bicyclic) bond motifs is 2. The number of rotatable bonds is 2. The van der Waals surface area contributed by atoms with Gasteiger partial charge in [0.2, 0.25) is 0 Å². The molecular weight excluding hydrogens is 296 g/mol. The van der Waals surface area contributed by atoms with Crippen molar-refractivity contribution in [3.8, 4) is 0 Å². The molecule has 0 radical (unpaired) electrons. The van der Waals surface area contributed by atoms with E-state index in [0.717, 1.165) is 60.9 Å². The first kappa shape index (κ1) is 15.1. The van der Waals surface area contributed by atoms with Crippen molar-refractivity contribution in [1.82, 2.24) is 9.55 Å². The molecule has 0 atom stereocenters. The van der Waals surface area contributed by atoms with Gasteiger partial charge >= 0.3 is 0 Å². The summed E-state index contributed by atoms with van der Waals surface area (Å²) in [6.45, 7) is 0.805. The van der Waals surface area contributed by atoms with Gasteiger partial charge in [-0.1, -0.05) is 42.9 Å². The molecule has 122 valence electrons. The van der Waals surface area contributed by atoms with Crippen LogP contribution in [0.25, 0.3) is 17.0 Å². The lowest BCUT2D eigenvalue weighted by atomic mass is 10.1. The third-order valence-corrected chi connectivity index (χ3v) is 4.83. The number of aryl methyl sites for hydroxylation is 1. The minimum Gasteiger partial charge on any atom is -0.296 e. The summed E-state index contributed by atoms with van der Waals surface area (Å²) >= 11 is 0. The lowest BCUT2D eigenvalue weighted by Crippen LogP contribution is -2.24. The van der Waals surface area contributed by atoms with Crippen LogP contribution in [0.2, 0.25) is 0 Å². The van der Waals surface area contributed by atoms with Crippen molar-refractivity contribution in [2.24, 2.45) is 0 Å². The van der Waals surface area contributed by atoms with Gasteiger partial charge in [-0.25, -0.2) is 4.98 Å². The van der Waals surface area contributed by atoms with Crippen LogP contribution in [0.1, 0.15) is 43.5 Å². The Morgan fingerprint density at radius 2 is 2.04 bits per heavy atom. The number of allylic oxidation sites excluding steroid dienone is 5. The van der Waals surface area contributed by atoms with Crippen LogP contribution >= 0.6 is 0 Å². The second-order valence-electron chi connectivity index (χ2n) is 6.59. The normalized spacial score (nSPS) is 17.8. The van der Waals surface area contributed by atoms with E-state index >= 15 is 0 Å². The van der Waals surface area contributed by atoms with Gasteiger partial charge in [-0.15, -0.1) is 0 Å². The van der Waals surface area contributed by atoms with E-state index in [1.165, 1.54) is 12.0 Å². The minimum atomic E-state index is 0.116. The van der Waals surface area contributed by atoms with E-state index in [1.54, 1.807) is 0 Å². The molecule has 0 unspecified atom stereocenters. The van der Waals surface area contributed by atoms with Crippen molar-refractivity contribution < 1.29 is 0 Å². The molecule has 1 aliphatic heterocycles. The fourth-order valence-electron chi connectivity index (χ4n) is 3.49. The highest BCUT2D eigenvalue weighted by Gasteiger charge is 2.13. The number of nitrogens with zero attached hydrogens (tertiary/aromatic N) is 2. The summed E-state index contributed by atoms with van der Waals surface area (Å²) in [6, 6.07) is 5.97. The van der Waals surface area contributed by atoms with E-state index in [9.17, 15) is 4.79 Å². The topological polar surface area (TPSA) is 34.9 Å².